The van der Waals surface area contributed by atoms with Crippen LogP contribution in [0.15, 0.2) is 70.4 Å². The Hall–Kier alpha value is -3.80. The minimum atomic E-state index is -4.45. The number of nitrogens with zero attached hydrogens (tertiary/aromatic N) is 3. The molecule has 12 heteroatoms. The van der Waals surface area contributed by atoms with Gasteiger partial charge in [0.05, 0.1) is 30.4 Å². The largest absolute Gasteiger partial charge is 0.459 e. The van der Waals surface area contributed by atoms with Crippen LogP contribution >= 0.6 is 11.8 Å². The Morgan fingerprint density at radius 3 is 2.49 bits per heavy atom. The summed E-state index contributed by atoms with van der Waals surface area (Å²) in [7, 11) is 0. The lowest BCUT2D eigenvalue weighted by Crippen LogP contribution is -2.43. The minimum absolute atomic E-state index is 0.0353. The molecule has 1 aliphatic rings. The van der Waals surface area contributed by atoms with Crippen LogP contribution in [0.5, 0.6) is 0 Å². The molecule has 1 aliphatic heterocycles. The number of pyridine rings is 1. The molecule has 1 aromatic carbocycles. The summed E-state index contributed by atoms with van der Waals surface area (Å²) in [5.41, 5.74) is -4.70. The van der Waals surface area contributed by atoms with Crippen molar-refractivity contribution >= 4 is 41.0 Å². The van der Waals surface area contributed by atoms with E-state index in [4.69, 9.17) is 4.42 Å². The van der Waals surface area contributed by atoms with E-state index in [9.17, 15) is 27.6 Å². The Bertz CT molecular complexity index is 1260. The summed E-state index contributed by atoms with van der Waals surface area (Å²) >= 11 is -0.285. The van der Waals surface area contributed by atoms with Gasteiger partial charge in [-0.15, -0.1) is 0 Å². The number of urea groups is 1. The van der Waals surface area contributed by atoms with Gasteiger partial charge in [0.25, 0.3) is 11.8 Å². The fraction of sp³-hybridized carbons (Fsp3) is 0.217. The second-order valence-corrected chi connectivity index (χ2v) is 9.21. The van der Waals surface area contributed by atoms with E-state index in [1.54, 1.807) is 26.0 Å². The molecule has 4 amide bonds. The summed E-state index contributed by atoms with van der Waals surface area (Å²) < 4.78 is 43.0. The number of amides is 4. The van der Waals surface area contributed by atoms with Crippen LogP contribution in [0.4, 0.5) is 29.3 Å². The molecule has 2 aromatic heterocycles. The fourth-order valence-electron chi connectivity index (χ4n) is 3.56. The van der Waals surface area contributed by atoms with Gasteiger partial charge in [0, 0.05) is 11.1 Å². The standard InChI is InChI=1S/C23H19F3N4O4S/c1-22(2)20(32)30(15-5-7-16(8-6-15)35-23(24,25)26)21(33)29(22)13-14-9-10-27-12-17(14)28-19(31)18-4-3-11-34-18/h3-12H,13H2,1-2H3,(H,28,31). The van der Waals surface area contributed by atoms with E-state index in [0.717, 1.165) is 4.90 Å². The van der Waals surface area contributed by atoms with Crippen LogP contribution in [0.3, 0.4) is 0 Å². The van der Waals surface area contributed by atoms with Crippen LogP contribution in [-0.4, -0.2) is 38.8 Å². The lowest BCUT2D eigenvalue weighted by Gasteiger charge is -2.28. The summed E-state index contributed by atoms with van der Waals surface area (Å²) in [5.74, 6) is -0.953. The zero-order valence-electron chi connectivity index (χ0n) is 18.5. The third kappa shape index (κ3) is 5.02. The second-order valence-electron chi connectivity index (χ2n) is 8.07. The smallest absolute Gasteiger partial charge is 0.446 e. The predicted octanol–water partition coefficient (Wildman–Crippen LogP) is 5.29. The maximum absolute atomic E-state index is 13.3. The topological polar surface area (TPSA) is 95.8 Å². The van der Waals surface area contributed by atoms with Crippen molar-refractivity contribution in [1.29, 1.82) is 0 Å². The highest BCUT2D eigenvalue weighted by Crippen LogP contribution is 2.39. The van der Waals surface area contributed by atoms with E-state index >= 15 is 0 Å². The molecule has 4 rings (SSSR count). The van der Waals surface area contributed by atoms with Crippen molar-refractivity contribution in [3.8, 4) is 0 Å². The molecule has 8 nitrogen and oxygen atoms in total. The molecule has 3 heterocycles. The van der Waals surface area contributed by atoms with Gasteiger partial charge in [0.15, 0.2) is 5.76 Å². The number of aromatic nitrogens is 1. The fourth-order valence-corrected chi connectivity index (χ4v) is 4.10. The second kappa shape index (κ2) is 9.10. The van der Waals surface area contributed by atoms with E-state index in [-0.39, 0.29) is 34.6 Å². The van der Waals surface area contributed by atoms with Crippen LogP contribution in [0.2, 0.25) is 0 Å². The maximum atomic E-state index is 13.3. The number of thioether (sulfide) groups is 1. The molecule has 3 aromatic rings. The van der Waals surface area contributed by atoms with Gasteiger partial charge in [0.1, 0.15) is 5.54 Å². The summed E-state index contributed by atoms with van der Waals surface area (Å²) in [5, 5.41) is 2.68. The number of alkyl halides is 3. The number of carbonyl (C=O) groups excluding carboxylic acids is 3. The highest BCUT2D eigenvalue weighted by molar-refractivity contribution is 8.00. The molecule has 0 spiro atoms. The molecular formula is C23H19F3N4O4S. The van der Waals surface area contributed by atoms with E-state index in [0.29, 0.717) is 11.3 Å². The molecule has 0 radical (unpaired) electrons. The molecule has 182 valence electrons. The van der Waals surface area contributed by atoms with Gasteiger partial charge >= 0.3 is 11.5 Å². The predicted molar refractivity (Wildman–Crippen MR) is 122 cm³/mol. The number of anilines is 2. The first-order chi connectivity index (χ1) is 16.5. The van der Waals surface area contributed by atoms with Crippen molar-refractivity contribution in [2.45, 2.75) is 36.3 Å². The third-order valence-electron chi connectivity index (χ3n) is 5.38. The van der Waals surface area contributed by atoms with Gasteiger partial charge in [-0.3, -0.25) is 14.6 Å². The molecule has 0 bridgehead atoms. The van der Waals surface area contributed by atoms with Crippen molar-refractivity contribution < 1.29 is 32.0 Å². The highest BCUT2D eigenvalue weighted by Gasteiger charge is 2.52. The molecule has 1 fully saturated rings. The molecule has 0 atom stereocenters. The maximum Gasteiger partial charge on any atom is 0.446 e. The van der Waals surface area contributed by atoms with Gasteiger partial charge in [-0.2, -0.15) is 13.2 Å². The normalized spacial score (nSPS) is 15.6. The lowest BCUT2D eigenvalue weighted by molar-refractivity contribution is -0.123. The first kappa shape index (κ1) is 24.3. The van der Waals surface area contributed by atoms with Gasteiger partial charge in [-0.25, -0.2) is 9.69 Å². The molecular weight excluding hydrogens is 485 g/mol. The number of halogens is 3. The average Bonchev–Trinajstić information content (AvgIpc) is 3.38. The zero-order chi connectivity index (χ0) is 25.4. The Balaban J connectivity index is 1.57. The van der Waals surface area contributed by atoms with Gasteiger partial charge < -0.3 is 14.6 Å². The van der Waals surface area contributed by atoms with Crippen molar-refractivity contribution in [2.24, 2.45) is 0 Å². The molecule has 1 saturated heterocycles. The number of rotatable bonds is 6. The van der Waals surface area contributed by atoms with E-state index < -0.39 is 28.9 Å². The van der Waals surface area contributed by atoms with E-state index in [1.807, 2.05) is 0 Å². The first-order valence-corrected chi connectivity index (χ1v) is 11.1. The van der Waals surface area contributed by atoms with Crippen LogP contribution in [0.25, 0.3) is 0 Å². The van der Waals surface area contributed by atoms with Crippen molar-refractivity contribution in [3.63, 3.8) is 0 Å². The van der Waals surface area contributed by atoms with Crippen LogP contribution in [-0.2, 0) is 11.3 Å². The molecule has 0 unspecified atom stereocenters. The van der Waals surface area contributed by atoms with E-state index in [2.05, 4.69) is 10.3 Å². The Morgan fingerprint density at radius 2 is 1.86 bits per heavy atom. The zero-order valence-corrected chi connectivity index (χ0v) is 19.3. The van der Waals surface area contributed by atoms with Crippen LogP contribution in [0.1, 0.15) is 30.0 Å². The monoisotopic (exact) mass is 504 g/mol. The van der Waals surface area contributed by atoms with E-state index in [1.165, 1.54) is 53.9 Å². The summed E-state index contributed by atoms with van der Waals surface area (Å²) in [6.45, 7) is 3.11. The van der Waals surface area contributed by atoms with Crippen molar-refractivity contribution in [2.75, 3.05) is 10.2 Å². The Labute approximate surface area is 202 Å². The first-order valence-electron chi connectivity index (χ1n) is 10.3. The number of nitrogens with one attached hydrogen (secondary N) is 1. The minimum Gasteiger partial charge on any atom is -0.459 e. The third-order valence-corrected chi connectivity index (χ3v) is 6.12. The number of carbonyl (C=O) groups is 3. The number of hydrogen-bond donors (Lipinski definition) is 1. The molecule has 1 N–H and O–H groups in total. The SMILES string of the molecule is CC1(C)C(=O)N(c2ccc(SC(F)(F)F)cc2)C(=O)N1Cc1ccncc1NC(=O)c1ccco1. The van der Waals surface area contributed by atoms with Gasteiger partial charge in [-0.1, -0.05) is 0 Å². The molecule has 0 aliphatic carbocycles. The Morgan fingerprint density at radius 1 is 1.14 bits per heavy atom. The van der Waals surface area contributed by atoms with Gasteiger partial charge in [0.2, 0.25) is 0 Å². The van der Waals surface area contributed by atoms with Crippen molar-refractivity contribution in [3.05, 3.63) is 72.4 Å². The highest BCUT2D eigenvalue weighted by atomic mass is 32.2. The summed E-state index contributed by atoms with van der Waals surface area (Å²) in [4.78, 5) is 45.1. The summed E-state index contributed by atoms with van der Waals surface area (Å²) in [6, 6.07) is 9.03. The number of benzene rings is 1. The summed E-state index contributed by atoms with van der Waals surface area (Å²) in [6.07, 6.45) is 4.27. The molecule has 35 heavy (non-hydrogen) atoms. The van der Waals surface area contributed by atoms with Gasteiger partial charge in [-0.05, 0) is 73.6 Å². The van der Waals surface area contributed by atoms with Crippen LogP contribution < -0.4 is 10.2 Å². The van der Waals surface area contributed by atoms with Crippen molar-refractivity contribution in [1.82, 2.24) is 9.88 Å². The average molecular weight is 504 g/mol. The van der Waals surface area contributed by atoms with Crippen LogP contribution in [0, 0.1) is 0 Å². The quantitative estimate of drug-likeness (QED) is 0.362. The number of furan rings is 1. The Kier molecular flexibility index (Phi) is 6.32. The number of imide groups is 1. The molecule has 0 saturated carbocycles. The lowest BCUT2D eigenvalue weighted by atomic mass is 10.0. The number of hydrogen-bond acceptors (Lipinski definition) is 6.